The van der Waals surface area contributed by atoms with Crippen LogP contribution >= 0.6 is 11.3 Å². The lowest BCUT2D eigenvalue weighted by atomic mass is 10.1. The van der Waals surface area contributed by atoms with Gasteiger partial charge < -0.3 is 5.32 Å². The van der Waals surface area contributed by atoms with Crippen LogP contribution in [0.2, 0.25) is 0 Å². The fourth-order valence-electron chi connectivity index (χ4n) is 1.66. The summed E-state index contributed by atoms with van der Waals surface area (Å²) >= 11 is 1.46. The zero-order valence-corrected chi connectivity index (χ0v) is 11.3. The van der Waals surface area contributed by atoms with Crippen molar-refractivity contribution < 1.29 is 13.7 Å². The standard InChI is InChI=1S/C12H11F2N3O2S/c1-7-5-16-11(20-7)6-15-10-3-2-8(17(18)19)4-9(10)12(13)14/h2-5,12,15H,6H2,1H3. The summed E-state index contributed by atoms with van der Waals surface area (Å²) in [4.78, 5) is 15.0. The molecule has 0 bridgehead atoms. The highest BCUT2D eigenvalue weighted by molar-refractivity contribution is 7.11. The first-order chi connectivity index (χ1) is 9.47. The van der Waals surface area contributed by atoms with E-state index in [9.17, 15) is 18.9 Å². The Morgan fingerprint density at radius 2 is 2.25 bits per heavy atom. The Labute approximate surface area is 117 Å². The van der Waals surface area contributed by atoms with Crippen LogP contribution in [0.4, 0.5) is 20.2 Å². The Bertz CT molecular complexity index is 631. The van der Waals surface area contributed by atoms with E-state index in [4.69, 9.17) is 0 Å². The third-order valence-corrected chi connectivity index (χ3v) is 3.49. The molecule has 0 amide bonds. The molecular formula is C12H11F2N3O2S. The van der Waals surface area contributed by atoms with E-state index in [0.717, 1.165) is 16.0 Å². The van der Waals surface area contributed by atoms with Crippen molar-refractivity contribution >= 4 is 22.7 Å². The van der Waals surface area contributed by atoms with E-state index in [1.807, 2.05) is 6.92 Å². The van der Waals surface area contributed by atoms with Crippen molar-refractivity contribution in [3.05, 3.63) is 50.0 Å². The van der Waals surface area contributed by atoms with Gasteiger partial charge in [0.05, 0.1) is 11.5 Å². The molecule has 8 heteroatoms. The third kappa shape index (κ3) is 3.27. The number of nitro groups is 1. The van der Waals surface area contributed by atoms with Gasteiger partial charge in [0, 0.05) is 34.5 Å². The van der Waals surface area contributed by atoms with Crippen molar-refractivity contribution in [2.24, 2.45) is 0 Å². The molecular weight excluding hydrogens is 288 g/mol. The molecule has 0 radical (unpaired) electrons. The molecule has 0 spiro atoms. The summed E-state index contributed by atoms with van der Waals surface area (Å²) in [6.07, 6.45) is -1.08. The molecule has 0 unspecified atom stereocenters. The zero-order valence-electron chi connectivity index (χ0n) is 10.5. The molecule has 1 aromatic carbocycles. The number of benzene rings is 1. The van der Waals surface area contributed by atoms with Crippen LogP contribution in [0.5, 0.6) is 0 Å². The normalized spacial score (nSPS) is 10.8. The van der Waals surface area contributed by atoms with Crippen LogP contribution in [0.15, 0.2) is 24.4 Å². The number of nitrogens with one attached hydrogen (secondary N) is 1. The number of nitro benzene ring substituents is 1. The predicted molar refractivity (Wildman–Crippen MR) is 72.2 cm³/mol. The molecule has 0 aliphatic rings. The van der Waals surface area contributed by atoms with Gasteiger partial charge in [-0.1, -0.05) is 0 Å². The Kier molecular flexibility index (Phi) is 4.23. The average molecular weight is 299 g/mol. The first kappa shape index (κ1) is 14.3. The Morgan fingerprint density at radius 1 is 1.50 bits per heavy atom. The predicted octanol–water partition coefficient (Wildman–Crippen LogP) is 3.91. The summed E-state index contributed by atoms with van der Waals surface area (Å²) in [5.74, 6) is 0. The maximum atomic E-state index is 12.9. The van der Waals surface area contributed by atoms with Gasteiger partial charge in [-0.25, -0.2) is 13.8 Å². The summed E-state index contributed by atoms with van der Waals surface area (Å²) in [5.41, 5.74) is -0.554. The fraction of sp³-hybridized carbons (Fsp3) is 0.250. The molecule has 2 rings (SSSR count). The van der Waals surface area contributed by atoms with Crippen molar-refractivity contribution in [1.82, 2.24) is 4.98 Å². The molecule has 0 atom stereocenters. The van der Waals surface area contributed by atoms with Crippen molar-refractivity contribution in [2.75, 3.05) is 5.32 Å². The highest BCUT2D eigenvalue weighted by Gasteiger charge is 2.18. The molecule has 20 heavy (non-hydrogen) atoms. The van der Waals surface area contributed by atoms with Crippen LogP contribution in [-0.4, -0.2) is 9.91 Å². The molecule has 0 saturated carbocycles. The second kappa shape index (κ2) is 5.91. The lowest BCUT2D eigenvalue weighted by Crippen LogP contribution is -2.03. The molecule has 0 fully saturated rings. The molecule has 0 saturated heterocycles. The number of aryl methyl sites for hydroxylation is 1. The van der Waals surface area contributed by atoms with Crippen molar-refractivity contribution in [2.45, 2.75) is 19.9 Å². The topological polar surface area (TPSA) is 68.1 Å². The number of hydrogen-bond acceptors (Lipinski definition) is 5. The molecule has 2 aromatic rings. The van der Waals surface area contributed by atoms with E-state index in [0.29, 0.717) is 6.54 Å². The maximum Gasteiger partial charge on any atom is 0.270 e. The number of rotatable bonds is 5. The van der Waals surface area contributed by atoms with Gasteiger partial charge in [0.25, 0.3) is 12.1 Å². The zero-order chi connectivity index (χ0) is 14.7. The van der Waals surface area contributed by atoms with Crippen molar-refractivity contribution in [3.8, 4) is 0 Å². The quantitative estimate of drug-likeness (QED) is 0.671. The van der Waals surface area contributed by atoms with E-state index < -0.39 is 11.3 Å². The minimum absolute atomic E-state index is 0.179. The molecule has 0 aliphatic heterocycles. The Morgan fingerprint density at radius 3 is 2.80 bits per heavy atom. The van der Waals surface area contributed by atoms with Crippen molar-refractivity contribution in [3.63, 3.8) is 0 Å². The van der Waals surface area contributed by atoms with Crippen LogP contribution in [-0.2, 0) is 6.54 Å². The van der Waals surface area contributed by atoms with E-state index in [1.54, 1.807) is 6.20 Å². The molecule has 0 aliphatic carbocycles. The fourth-order valence-corrected chi connectivity index (χ4v) is 2.39. The van der Waals surface area contributed by atoms with Gasteiger partial charge in [0.1, 0.15) is 5.01 Å². The maximum absolute atomic E-state index is 12.9. The highest BCUT2D eigenvalue weighted by Crippen LogP contribution is 2.31. The number of nitrogens with zero attached hydrogens (tertiary/aromatic N) is 2. The monoisotopic (exact) mass is 299 g/mol. The molecule has 5 nitrogen and oxygen atoms in total. The number of aromatic nitrogens is 1. The Balaban J connectivity index is 2.20. The van der Waals surface area contributed by atoms with Crippen LogP contribution in [0, 0.1) is 17.0 Å². The number of thiazole rings is 1. The van der Waals surface area contributed by atoms with Gasteiger partial charge in [-0.15, -0.1) is 11.3 Å². The van der Waals surface area contributed by atoms with Crippen LogP contribution < -0.4 is 5.32 Å². The highest BCUT2D eigenvalue weighted by atomic mass is 32.1. The number of hydrogen-bond donors (Lipinski definition) is 1. The van der Waals surface area contributed by atoms with Gasteiger partial charge in [0.15, 0.2) is 0 Å². The summed E-state index contributed by atoms with van der Waals surface area (Å²) in [5, 5.41) is 14.2. The number of anilines is 1. The number of halogens is 2. The van der Waals surface area contributed by atoms with Crippen LogP contribution in [0.1, 0.15) is 21.9 Å². The minimum Gasteiger partial charge on any atom is -0.378 e. The SMILES string of the molecule is Cc1cnc(CNc2ccc([N+](=O)[O-])cc2C(F)F)s1. The van der Waals surface area contributed by atoms with Crippen LogP contribution in [0.3, 0.4) is 0 Å². The van der Waals surface area contributed by atoms with E-state index in [2.05, 4.69) is 10.3 Å². The summed E-state index contributed by atoms with van der Waals surface area (Å²) in [6, 6.07) is 3.38. The molecule has 1 heterocycles. The van der Waals surface area contributed by atoms with Gasteiger partial charge >= 0.3 is 0 Å². The van der Waals surface area contributed by atoms with Gasteiger partial charge in [-0.2, -0.15) is 0 Å². The van der Waals surface area contributed by atoms with E-state index in [1.165, 1.54) is 23.5 Å². The average Bonchev–Trinajstić information content (AvgIpc) is 2.81. The number of non-ortho nitro benzene ring substituents is 1. The minimum atomic E-state index is -2.78. The largest absolute Gasteiger partial charge is 0.378 e. The Hall–Kier alpha value is -2.09. The molecule has 1 aromatic heterocycles. The number of alkyl halides is 2. The lowest BCUT2D eigenvalue weighted by molar-refractivity contribution is -0.385. The third-order valence-electron chi connectivity index (χ3n) is 2.58. The van der Waals surface area contributed by atoms with Crippen molar-refractivity contribution in [1.29, 1.82) is 0 Å². The van der Waals surface area contributed by atoms with Gasteiger partial charge in [-0.3, -0.25) is 10.1 Å². The first-order valence-corrected chi connectivity index (χ1v) is 6.50. The molecule has 106 valence electrons. The van der Waals surface area contributed by atoms with E-state index in [-0.39, 0.29) is 16.9 Å². The van der Waals surface area contributed by atoms with Crippen LogP contribution in [0.25, 0.3) is 0 Å². The smallest absolute Gasteiger partial charge is 0.270 e. The second-order valence-corrected chi connectivity index (χ2v) is 5.37. The van der Waals surface area contributed by atoms with Gasteiger partial charge in [-0.05, 0) is 13.0 Å². The van der Waals surface area contributed by atoms with Gasteiger partial charge in [0.2, 0.25) is 0 Å². The first-order valence-electron chi connectivity index (χ1n) is 5.69. The summed E-state index contributed by atoms with van der Waals surface area (Å²) in [7, 11) is 0. The summed E-state index contributed by atoms with van der Waals surface area (Å²) in [6.45, 7) is 2.20. The molecule has 1 N–H and O–H groups in total. The summed E-state index contributed by atoms with van der Waals surface area (Å²) < 4.78 is 25.9. The lowest BCUT2D eigenvalue weighted by Gasteiger charge is -2.10. The second-order valence-electron chi connectivity index (χ2n) is 4.05. The van der Waals surface area contributed by atoms with E-state index >= 15 is 0 Å².